The largest absolute Gasteiger partial charge is 0.416 e. The lowest BCUT2D eigenvalue weighted by Gasteiger charge is -2.31. The number of carbonyl (C=O) groups is 1. The number of ether oxygens (including phenoxy) is 1. The molecule has 174 valence electrons. The molecule has 1 saturated heterocycles. The first-order valence-corrected chi connectivity index (χ1v) is 10.5. The Morgan fingerprint density at radius 1 is 1.24 bits per heavy atom. The number of morpholine rings is 1. The highest BCUT2D eigenvalue weighted by Gasteiger charge is 2.32. The number of hydrogen-bond donors (Lipinski definition) is 1. The van der Waals surface area contributed by atoms with Gasteiger partial charge < -0.3 is 15.0 Å². The molecule has 0 aliphatic carbocycles. The van der Waals surface area contributed by atoms with Crippen molar-refractivity contribution in [2.45, 2.75) is 12.7 Å². The lowest BCUT2D eigenvalue weighted by molar-refractivity contribution is -0.137. The van der Waals surface area contributed by atoms with Crippen molar-refractivity contribution >= 4 is 17.3 Å². The maximum atomic E-state index is 13.3. The van der Waals surface area contributed by atoms with Crippen molar-refractivity contribution < 1.29 is 22.7 Å². The van der Waals surface area contributed by atoms with E-state index in [-0.39, 0.29) is 12.2 Å². The molecule has 1 N–H and O–H groups in total. The summed E-state index contributed by atoms with van der Waals surface area (Å²) in [6.45, 7) is 6.40. The van der Waals surface area contributed by atoms with Crippen LogP contribution in [0.15, 0.2) is 55.1 Å². The number of hydrogen-bond acceptors (Lipinski definition) is 5. The van der Waals surface area contributed by atoms with Crippen LogP contribution in [-0.2, 0) is 22.3 Å². The average Bonchev–Trinajstić information content (AvgIpc) is 2.79. The van der Waals surface area contributed by atoms with Crippen LogP contribution >= 0.6 is 0 Å². The first-order chi connectivity index (χ1) is 15.8. The van der Waals surface area contributed by atoms with E-state index in [0.717, 1.165) is 17.7 Å². The van der Waals surface area contributed by atoms with E-state index in [4.69, 9.17) is 10.00 Å². The maximum Gasteiger partial charge on any atom is 0.416 e. The molecule has 1 fully saturated rings. The van der Waals surface area contributed by atoms with Crippen LogP contribution in [0.25, 0.3) is 0 Å². The molecule has 2 aromatic carbocycles. The molecule has 1 aliphatic rings. The Kier molecular flexibility index (Phi) is 8.09. The predicted molar refractivity (Wildman–Crippen MR) is 120 cm³/mol. The molecule has 9 heteroatoms. The minimum atomic E-state index is -4.52. The van der Waals surface area contributed by atoms with Gasteiger partial charge in [-0.2, -0.15) is 18.4 Å². The highest BCUT2D eigenvalue weighted by molar-refractivity contribution is 5.95. The second kappa shape index (κ2) is 11.0. The molecule has 1 heterocycles. The summed E-state index contributed by atoms with van der Waals surface area (Å²) in [4.78, 5) is 16.5. The summed E-state index contributed by atoms with van der Waals surface area (Å²) in [5, 5.41) is 11.8. The molecular formula is C24H25F3N4O2. The van der Waals surface area contributed by atoms with Gasteiger partial charge in [-0.1, -0.05) is 18.2 Å². The number of alkyl halides is 3. The Hall–Kier alpha value is -3.35. The number of carbonyl (C=O) groups excluding carboxylic acids is 1. The Morgan fingerprint density at radius 2 is 2.00 bits per heavy atom. The highest BCUT2D eigenvalue weighted by Crippen LogP contribution is 2.35. The highest BCUT2D eigenvalue weighted by atomic mass is 19.4. The summed E-state index contributed by atoms with van der Waals surface area (Å²) in [6.07, 6.45) is -2.88. The molecular weight excluding hydrogens is 433 g/mol. The third kappa shape index (κ3) is 6.81. The van der Waals surface area contributed by atoms with Gasteiger partial charge in [0.15, 0.2) is 0 Å². The van der Waals surface area contributed by atoms with Gasteiger partial charge in [-0.05, 0) is 35.9 Å². The third-order valence-electron chi connectivity index (χ3n) is 5.17. The smallest absolute Gasteiger partial charge is 0.378 e. The van der Waals surface area contributed by atoms with Gasteiger partial charge in [-0.15, -0.1) is 6.58 Å². The van der Waals surface area contributed by atoms with E-state index in [0.29, 0.717) is 50.6 Å². The quantitative estimate of drug-likeness (QED) is 0.605. The Balaban J connectivity index is 1.78. The van der Waals surface area contributed by atoms with Crippen molar-refractivity contribution in [1.29, 1.82) is 5.26 Å². The first-order valence-electron chi connectivity index (χ1n) is 10.5. The van der Waals surface area contributed by atoms with Gasteiger partial charge >= 0.3 is 6.18 Å². The Morgan fingerprint density at radius 3 is 2.67 bits per heavy atom. The van der Waals surface area contributed by atoms with Crippen LogP contribution in [0.3, 0.4) is 0 Å². The van der Waals surface area contributed by atoms with Gasteiger partial charge in [0.25, 0.3) is 0 Å². The van der Waals surface area contributed by atoms with E-state index in [1.807, 2.05) is 11.0 Å². The number of anilines is 2. The normalized spacial score (nSPS) is 14.1. The van der Waals surface area contributed by atoms with Gasteiger partial charge in [0.2, 0.25) is 5.91 Å². The number of benzene rings is 2. The lowest BCUT2D eigenvalue weighted by Crippen LogP contribution is -2.37. The molecule has 2 aromatic rings. The van der Waals surface area contributed by atoms with Crippen LogP contribution in [0.4, 0.5) is 24.5 Å². The number of nitrogens with zero attached hydrogens (tertiary/aromatic N) is 3. The van der Waals surface area contributed by atoms with Crippen LogP contribution in [0, 0.1) is 11.3 Å². The van der Waals surface area contributed by atoms with E-state index < -0.39 is 17.6 Å². The van der Waals surface area contributed by atoms with E-state index in [9.17, 15) is 18.0 Å². The first kappa shape index (κ1) is 24.3. The van der Waals surface area contributed by atoms with Crippen molar-refractivity contribution in [3.8, 4) is 6.07 Å². The van der Waals surface area contributed by atoms with Gasteiger partial charge in [0.05, 0.1) is 48.3 Å². The van der Waals surface area contributed by atoms with Crippen LogP contribution in [0.5, 0.6) is 0 Å². The van der Waals surface area contributed by atoms with E-state index in [1.54, 1.807) is 29.2 Å². The monoisotopic (exact) mass is 458 g/mol. The number of amides is 1. The van der Waals surface area contributed by atoms with Crippen LogP contribution in [-0.4, -0.2) is 50.2 Å². The Bertz CT molecular complexity index is 1030. The fraction of sp³-hybridized carbons (Fsp3) is 0.333. The van der Waals surface area contributed by atoms with E-state index in [2.05, 4.69) is 18.0 Å². The number of nitrogens with one attached hydrogen (secondary N) is 1. The summed E-state index contributed by atoms with van der Waals surface area (Å²) in [7, 11) is 0. The molecule has 0 saturated carbocycles. The summed E-state index contributed by atoms with van der Waals surface area (Å²) in [6, 6.07) is 12.5. The molecule has 1 aliphatic heterocycles. The van der Waals surface area contributed by atoms with Gasteiger partial charge in [0.1, 0.15) is 0 Å². The topological polar surface area (TPSA) is 68.6 Å². The summed E-state index contributed by atoms with van der Waals surface area (Å²) < 4.78 is 45.2. The molecule has 6 nitrogen and oxygen atoms in total. The SMILES string of the molecule is C=CCN(CC(=O)Nc1cc(C(F)(F)F)ccc1N1CCOCC1)Cc1cccc(C#N)c1. The van der Waals surface area contributed by atoms with Crippen molar-refractivity contribution in [2.24, 2.45) is 0 Å². The molecule has 3 rings (SSSR count). The third-order valence-corrected chi connectivity index (χ3v) is 5.17. The zero-order valence-corrected chi connectivity index (χ0v) is 18.1. The minimum absolute atomic E-state index is 0.0540. The van der Waals surface area contributed by atoms with Gasteiger partial charge in [-0.25, -0.2) is 0 Å². The number of nitriles is 1. The standard InChI is InChI=1S/C24H25F3N4O2/c1-2-8-30(16-19-5-3-4-18(13-19)15-28)17-23(32)29-21-14-20(24(25,26)27)6-7-22(21)31-9-11-33-12-10-31/h2-7,13-14H,1,8-12,16-17H2,(H,29,32). The van der Waals surface area contributed by atoms with E-state index >= 15 is 0 Å². The molecule has 0 bridgehead atoms. The maximum absolute atomic E-state index is 13.3. The van der Waals surface area contributed by atoms with E-state index in [1.165, 1.54) is 6.07 Å². The summed E-state index contributed by atoms with van der Waals surface area (Å²) in [5.74, 6) is -0.442. The zero-order chi connectivity index (χ0) is 23.8. The Labute approximate surface area is 190 Å². The average molecular weight is 458 g/mol. The van der Waals surface area contributed by atoms with Crippen molar-refractivity contribution in [3.63, 3.8) is 0 Å². The van der Waals surface area contributed by atoms with Crippen LogP contribution in [0.2, 0.25) is 0 Å². The van der Waals surface area contributed by atoms with Gasteiger partial charge in [0, 0.05) is 26.2 Å². The summed E-state index contributed by atoms with van der Waals surface area (Å²) in [5.41, 5.74) is 1.16. The zero-order valence-electron chi connectivity index (χ0n) is 18.1. The fourth-order valence-electron chi connectivity index (χ4n) is 3.65. The van der Waals surface area contributed by atoms with Crippen LogP contribution in [0.1, 0.15) is 16.7 Å². The molecule has 0 atom stereocenters. The molecule has 0 unspecified atom stereocenters. The molecule has 0 spiro atoms. The van der Waals surface area contributed by atoms with Gasteiger partial charge in [-0.3, -0.25) is 9.69 Å². The van der Waals surface area contributed by atoms with Crippen molar-refractivity contribution in [1.82, 2.24) is 4.90 Å². The number of rotatable bonds is 8. The molecule has 33 heavy (non-hydrogen) atoms. The second-order valence-electron chi connectivity index (χ2n) is 7.65. The molecule has 0 aromatic heterocycles. The minimum Gasteiger partial charge on any atom is -0.378 e. The van der Waals surface area contributed by atoms with Crippen LogP contribution < -0.4 is 10.2 Å². The fourth-order valence-corrected chi connectivity index (χ4v) is 3.65. The molecule has 0 radical (unpaired) electrons. The second-order valence-corrected chi connectivity index (χ2v) is 7.65. The predicted octanol–water partition coefficient (Wildman–Crippen LogP) is 4.04. The molecule has 1 amide bonds. The number of halogens is 3. The summed E-state index contributed by atoms with van der Waals surface area (Å²) >= 11 is 0. The lowest BCUT2D eigenvalue weighted by atomic mass is 10.1. The van der Waals surface area contributed by atoms with Crippen molar-refractivity contribution in [2.75, 3.05) is 49.6 Å². The van der Waals surface area contributed by atoms with Crippen molar-refractivity contribution in [3.05, 3.63) is 71.8 Å².